The molecule has 0 aliphatic carbocycles. The van der Waals surface area contributed by atoms with Crippen LogP contribution >= 0.6 is 0 Å². The van der Waals surface area contributed by atoms with Crippen molar-refractivity contribution >= 4 is 0 Å². The summed E-state index contributed by atoms with van der Waals surface area (Å²) in [5.74, 6) is 0.767. The molecule has 1 aliphatic rings. The fourth-order valence-corrected chi connectivity index (χ4v) is 5.51. The van der Waals surface area contributed by atoms with Crippen LogP contribution in [0.15, 0.2) is 24.3 Å². The fraction of sp³-hybridized carbons (Fsp3) is 0.667. The van der Waals surface area contributed by atoms with Crippen LogP contribution in [0, 0.1) is 10.8 Å². The molecular weight excluding hydrogens is 520 g/mol. The van der Waals surface area contributed by atoms with Gasteiger partial charge in [0.1, 0.15) is 11.5 Å². The topological polar surface area (TPSA) is 88.6 Å². The van der Waals surface area contributed by atoms with Gasteiger partial charge in [0.15, 0.2) is 0 Å². The van der Waals surface area contributed by atoms with Crippen LogP contribution in [0.1, 0.15) is 129 Å². The van der Waals surface area contributed by atoms with Gasteiger partial charge < -0.3 is 31.5 Å². The van der Waals surface area contributed by atoms with Crippen molar-refractivity contribution in [3.05, 3.63) is 57.6 Å². The normalized spacial score (nSPS) is 22.9. The molecule has 1 aliphatic heterocycles. The highest BCUT2D eigenvalue weighted by Gasteiger charge is 2.27. The molecule has 0 radical (unpaired) electrons. The van der Waals surface area contributed by atoms with Gasteiger partial charge in [-0.15, -0.1) is 0 Å². The minimum Gasteiger partial charge on any atom is -0.507 e. The van der Waals surface area contributed by atoms with Gasteiger partial charge in [-0.25, -0.2) is 0 Å². The van der Waals surface area contributed by atoms with E-state index in [0.717, 1.165) is 48.4 Å². The van der Waals surface area contributed by atoms with Gasteiger partial charge in [-0.05, 0) is 58.8 Å². The van der Waals surface area contributed by atoms with Gasteiger partial charge in [-0.1, -0.05) is 81.4 Å². The average Bonchev–Trinajstić information content (AvgIpc) is 2.86. The number of phenolic OH excluding ortho intramolecular Hbond substituents is 2. The highest BCUT2D eigenvalue weighted by Crippen LogP contribution is 2.38. The summed E-state index contributed by atoms with van der Waals surface area (Å²) >= 11 is 0. The number of nitrogens with one attached hydrogen (secondary N) is 4. The second-order valence-corrected chi connectivity index (χ2v) is 16.4. The van der Waals surface area contributed by atoms with Crippen LogP contribution in [0.2, 0.25) is 0 Å². The predicted molar refractivity (Wildman–Crippen MR) is 177 cm³/mol. The van der Waals surface area contributed by atoms with Crippen molar-refractivity contribution in [2.24, 2.45) is 10.8 Å². The molecule has 0 saturated heterocycles. The third-order valence-corrected chi connectivity index (χ3v) is 8.71. The third kappa shape index (κ3) is 8.95. The van der Waals surface area contributed by atoms with E-state index < -0.39 is 0 Å². The van der Waals surface area contributed by atoms with Gasteiger partial charge in [0, 0.05) is 73.6 Å². The Bertz CT molecular complexity index is 1150. The molecule has 0 spiro atoms. The zero-order valence-electron chi connectivity index (χ0n) is 28.6. The first-order valence-corrected chi connectivity index (χ1v) is 15.8. The van der Waals surface area contributed by atoms with Crippen molar-refractivity contribution in [3.8, 4) is 11.5 Å². The van der Waals surface area contributed by atoms with Gasteiger partial charge in [-0.2, -0.15) is 0 Å². The van der Waals surface area contributed by atoms with Crippen molar-refractivity contribution in [1.29, 1.82) is 0 Å². The molecule has 2 unspecified atom stereocenters. The second kappa shape index (κ2) is 12.9. The molecule has 6 heteroatoms. The lowest BCUT2D eigenvalue weighted by Crippen LogP contribution is -2.39. The minimum atomic E-state index is -0.0444. The van der Waals surface area contributed by atoms with Crippen molar-refractivity contribution < 1.29 is 10.2 Å². The monoisotopic (exact) mass is 580 g/mol. The van der Waals surface area contributed by atoms with E-state index in [2.05, 4.69) is 129 Å². The van der Waals surface area contributed by atoms with Crippen molar-refractivity contribution in [2.75, 3.05) is 26.2 Å². The summed E-state index contributed by atoms with van der Waals surface area (Å²) in [6.45, 7) is 31.0. The molecule has 1 heterocycles. The Morgan fingerprint density at radius 3 is 1.31 bits per heavy atom. The molecule has 0 fully saturated rings. The standard InChI is InChI=1S/C36H60N4O2/c1-23-29-15-28(34(6,7)8)16-30(32(29)42)24(2)40-22-36(11,12)20-38-18-26-14-27(33(3,4)5)13-25(31(26)41)17-37-19-35(9,10)21-39-23/h13-16,23-24,37-42H,17-22H2,1-12H3. The molecule has 2 aromatic rings. The fourth-order valence-electron chi connectivity index (χ4n) is 5.51. The number of benzene rings is 2. The van der Waals surface area contributed by atoms with E-state index in [0.29, 0.717) is 24.6 Å². The molecule has 2 aromatic carbocycles. The average molecular weight is 581 g/mol. The summed E-state index contributed by atoms with van der Waals surface area (Å²) < 4.78 is 0. The number of phenols is 2. The van der Waals surface area contributed by atoms with Crippen LogP contribution in [0.4, 0.5) is 0 Å². The molecule has 0 amide bonds. The molecule has 42 heavy (non-hydrogen) atoms. The molecular formula is C36H60N4O2. The van der Waals surface area contributed by atoms with E-state index in [1.54, 1.807) is 0 Å². The summed E-state index contributed by atoms with van der Waals surface area (Å²) in [6.07, 6.45) is 0. The van der Waals surface area contributed by atoms with Gasteiger partial charge in [0.25, 0.3) is 0 Å². The smallest absolute Gasteiger partial charge is 0.125 e. The lowest BCUT2D eigenvalue weighted by molar-refractivity contribution is 0.299. The molecule has 2 atom stereocenters. The molecule has 4 bridgehead atoms. The third-order valence-electron chi connectivity index (χ3n) is 8.71. The molecule has 0 aromatic heterocycles. The summed E-state index contributed by atoms with van der Waals surface area (Å²) in [5, 5.41) is 37.5. The molecule has 0 saturated carbocycles. The van der Waals surface area contributed by atoms with E-state index in [-0.39, 0.29) is 33.7 Å². The Hall–Kier alpha value is -2.12. The Labute approximate surface area is 256 Å². The largest absolute Gasteiger partial charge is 0.507 e. The Morgan fingerprint density at radius 2 is 0.952 bits per heavy atom. The van der Waals surface area contributed by atoms with E-state index in [1.807, 2.05) is 0 Å². The minimum absolute atomic E-state index is 0.0150. The molecule has 6 nitrogen and oxygen atoms in total. The van der Waals surface area contributed by atoms with Crippen LogP contribution in [0.3, 0.4) is 0 Å². The molecule has 3 rings (SSSR count). The van der Waals surface area contributed by atoms with Crippen molar-refractivity contribution in [2.45, 2.75) is 119 Å². The Balaban J connectivity index is 1.99. The summed E-state index contributed by atoms with van der Waals surface area (Å²) in [7, 11) is 0. The van der Waals surface area contributed by atoms with E-state index >= 15 is 0 Å². The maximum Gasteiger partial charge on any atom is 0.125 e. The van der Waals surface area contributed by atoms with Crippen LogP contribution in [-0.2, 0) is 23.9 Å². The SMILES string of the molecule is CC1NCC(C)(C)CNCc2cc(C(C)(C)C)cc(c2O)CNCC(C)(C)CNC(C)c2cc(C(C)(C)C)cc1c2O. The van der Waals surface area contributed by atoms with E-state index in [1.165, 1.54) is 11.1 Å². The highest BCUT2D eigenvalue weighted by atomic mass is 16.3. The van der Waals surface area contributed by atoms with Crippen LogP contribution < -0.4 is 21.3 Å². The van der Waals surface area contributed by atoms with Crippen molar-refractivity contribution in [1.82, 2.24) is 21.3 Å². The summed E-state index contributed by atoms with van der Waals surface area (Å²) in [6, 6.07) is 8.64. The predicted octanol–water partition coefficient (Wildman–Crippen LogP) is 6.94. The van der Waals surface area contributed by atoms with Crippen molar-refractivity contribution in [3.63, 3.8) is 0 Å². The van der Waals surface area contributed by atoms with E-state index in [4.69, 9.17) is 0 Å². The number of hydrogen-bond donors (Lipinski definition) is 6. The van der Waals surface area contributed by atoms with Gasteiger partial charge in [0.2, 0.25) is 0 Å². The van der Waals surface area contributed by atoms with Gasteiger partial charge in [-0.3, -0.25) is 0 Å². The number of aromatic hydroxyl groups is 2. The first kappa shape index (κ1) is 34.4. The van der Waals surface area contributed by atoms with Gasteiger partial charge in [0.05, 0.1) is 0 Å². The first-order chi connectivity index (χ1) is 19.2. The number of fused-ring (bicyclic) bond motifs is 4. The van der Waals surface area contributed by atoms with E-state index in [9.17, 15) is 10.2 Å². The Kier molecular flexibility index (Phi) is 10.5. The molecule has 6 N–H and O–H groups in total. The lowest BCUT2D eigenvalue weighted by Gasteiger charge is -2.32. The van der Waals surface area contributed by atoms with Crippen LogP contribution in [-0.4, -0.2) is 36.4 Å². The molecule has 236 valence electrons. The van der Waals surface area contributed by atoms with Crippen LogP contribution in [0.25, 0.3) is 0 Å². The zero-order chi connectivity index (χ0) is 31.7. The quantitative estimate of drug-likeness (QED) is 0.202. The first-order valence-electron chi connectivity index (χ1n) is 15.8. The zero-order valence-corrected chi connectivity index (χ0v) is 28.6. The summed E-state index contributed by atoms with van der Waals surface area (Å²) in [4.78, 5) is 0. The summed E-state index contributed by atoms with van der Waals surface area (Å²) in [5.41, 5.74) is 6.10. The number of rotatable bonds is 0. The maximum atomic E-state index is 11.6. The highest BCUT2D eigenvalue weighted by molar-refractivity contribution is 5.49. The number of hydrogen-bond acceptors (Lipinski definition) is 6. The Morgan fingerprint density at radius 1 is 0.595 bits per heavy atom. The van der Waals surface area contributed by atoms with Crippen LogP contribution in [0.5, 0.6) is 11.5 Å². The lowest BCUT2D eigenvalue weighted by atomic mass is 9.82. The maximum absolute atomic E-state index is 11.6. The second-order valence-electron chi connectivity index (χ2n) is 16.4. The van der Waals surface area contributed by atoms with Gasteiger partial charge >= 0.3 is 0 Å².